The zero-order chi connectivity index (χ0) is 14.8. The Hall–Kier alpha value is -0.570. The highest BCUT2D eigenvalue weighted by Crippen LogP contribution is 2.40. The SMILES string of the molecule is CCCC1CCC(C(=O)O)C(N(CC2CC2)CC2CC2)C1. The van der Waals surface area contributed by atoms with Crippen molar-refractivity contribution in [1.82, 2.24) is 4.90 Å². The Morgan fingerprint density at radius 3 is 2.05 bits per heavy atom. The first-order valence-electron chi connectivity index (χ1n) is 9.14. The fourth-order valence-electron chi connectivity index (χ4n) is 4.20. The van der Waals surface area contributed by atoms with Crippen molar-refractivity contribution in [3.63, 3.8) is 0 Å². The number of carbonyl (C=O) groups is 1. The third-order valence-electron chi connectivity index (χ3n) is 5.79. The summed E-state index contributed by atoms with van der Waals surface area (Å²) in [5.41, 5.74) is 0. The Bertz CT molecular complexity index is 348. The smallest absolute Gasteiger partial charge is 0.308 e. The van der Waals surface area contributed by atoms with E-state index in [1.54, 1.807) is 0 Å². The van der Waals surface area contributed by atoms with Crippen LogP contribution in [0.5, 0.6) is 0 Å². The summed E-state index contributed by atoms with van der Waals surface area (Å²) in [5.74, 6) is 1.83. The summed E-state index contributed by atoms with van der Waals surface area (Å²) in [6.45, 7) is 4.60. The molecule has 0 radical (unpaired) electrons. The van der Waals surface area contributed by atoms with Crippen molar-refractivity contribution in [1.29, 1.82) is 0 Å². The van der Waals surface area contributed by atoms with Gasteiger partial charge in [0.15, 0.2) is 0 Å². The predicted molar refractivity (Wildman–Crippen MR) is 84.2 cm³/mol. The average Bonchev–Trinajstić information content (AvgIpc) is 3.33. The molecule has 0 aromatic carbocycles. The quantitative estimate of drug-likeness (QED) is 0.740. The lowest BCUT2D eigenvalue weighted by Gasteiger charge is -2.41. The van der Waals surface area contributed by atoms with Gasteiger partial charge in [0.05, 0.1) is 5.92 Å². The molecule has 0 bridgehead atoms. The first kappa shape index (κ1) is 15.3. The van der Waals surface area contributed by atoms with Gasteiger partial charge < -0.3 is 5.11 Å². The Morgan fingerprint density at radius 1 is 1.00 bits per heavy atom. The van der Waals surface area contributed by atoms with E-state index in [-0.39, 0.29) is 5.92 Å². The molecule has 1 N–H and O–H groups in total. The number of hydrogen-bond donors (Lipinski definition) is 1. The minimum atomic E-state index is -0.549. The summed E-state index contributed by atoms with van der Waals surface area (Å²) < 4.78 is 0. The van der Waals surface area contributed by atoms with Gasteiger partial charge in [-0.05, 0) is 62.7 Å². The lowest BCUT2D eigenvalue weighted by molar-refractivity contribution is -0.146. The normalized spacial score (nSPS) is 33.3. The molecule has 0 heterocycles. The van der Waals surface area contributed by atoms with Gasteiger partial charge in [-0.3, -0.25) is 9.69 Å². The van der Waals surface area contributed by atoms with Crippen LogP contribution in [0.3, 0.4) is 0 Å². The second-order valence-electron chi connectivity index (χ2n) is 7.82. The maximum absolute atomic E-state index is 11.7. The van der Waals surface area contributed by atoms with E-state index in [9.17, 15) is 9.90 Å². The maximum Gasteiger partial charge on any atom is 0.308 e. The van der Waals surface area contributed by atoms with E-state index in [1.807, 2.05) is 0 Å². The van der Waals surface area contributed by atoms with Crippen LogP contribution >= 0.6 is 0 Å². The van der Waals surface area contributed by atoms with E-state index < -0.39 is 5.97 Å². The molecule has 3 rings (SSSR count). The van der Waals surface area contributed by atoms with Crippen LogP contribution in [0, 0.1) is 23.7 Å². The molecule has 3 fully saturated rings. The van der Waals surface area contributed by atoms with Gasteiger partial charge in [-0.1, -0.05) is 19.8 Å². The summed E-state index contributed by atoms with van der Waals surface area (Å²) in [5, 5.41) is 9.65. The van der Waals surface area contributed by atoms with Crippen LogP contribution in [0.1, 0.15) is 64.7 Å². The van der Waals surface area contributed by atoms with Crippen LogP contribution in [0.4, 0.5) is 0 Å². The number of carboxylic acid groups (broad SMARTS) is 1. The Labute approximate surface area is 129 Å². The van der Waals surface area contributed by atoms with Crippen LogP contribution in [0.25, 0.3) is 0 Å². The van der Waals surface area contributed by atoms with Crippen LogP contribution in [-0.2, 0) is 4.79 Å². The largest absolute Gasteiger partial charge is 0.481 e. The first-order chi connectivity index (χ1) is 10.2. The molecule has 0 aliphatic heterocycles. The molecule has 120 valence electrons. The molecule has 3 saturated carbocycles. The lowest BCUT2D eigenvalue weighted by atomic mass is 9.75. The van der Waals surface area contributed by atoms with Crippen molar-refractivity contribution in [3.8, 4) is 0 Å². The van der Waals surface area contributed by atoms with Gasteiger partial charge in [-0.15, -0.1) is 0 Å². The monoisotopic (exact) mass is 293 g/mol. The molecule has 3 aliphatic rings. The van der Waals surface area contributed by atoms with E-state index in [1.165, 1.54) is 51.6 Å². The van der Waals surface area contributed by atoms with Crippen molar-refractivity contribution < 1.29 is 9.90 Å². The molecule has 3 unspecified atom stereocenters. The van der Waals surface area contributed by atoms with Crippen LogP contribution in [0.15, 0.2) is 0 Å². The Morgan fingerprint density at radius 2 is 1.57 bits per heavy atom. The molecule has 0 spiro atoms. The minimum Gasteiger partial charge on any atom is -0.481 e. The molecule has 0 saturated heterocycles. The maximum atomic E-state index is 11.7. The zero-order valence-electron chi connectivity index (χ0n) is 13.5. The van der Waals surface area contributed by atoms with Gasteiger partial charge in [0.2, 0.25) is 0 Å². The Balaban J connectivity index is 1.68. The Kier molecular flexibility index (Phi) is 4.88. The van der Waals surface area contributed by atoms with Gasteiger partial charge in [0, 0.05) is 19.1 Å². The summed E-state index contributed by atoms with van der Waals surface area (Å²) in [7, 11) is 0. The molecule has 0 aromatic rings. The second-order valence-corrected chi connectivity index (χ2v) is 7.82. The highest BCUT2D eigenvalue weighted by atomic mass is 16.4. The number of rotatable bonds is 8. The molecule has 3 atom stereocenters. The van der Waals surface area contributed by atoms with Gasteiger partial charge >= 0.3 is 5.97 Å². The van der Waals surface area contributed by atoms with Crippen molar-refractivity contribution in [2.75, 3.05) is 13.1 Å². The fourth-order valence-corrected chi connectivity index (χ4v) is 4.20. The molecule has 3 nitrogen and oxygen atoms in total. The van der Waals surface area contributed by atoms with Crippen molar-refractivity contribution >= 4 is 5.97 Å². The van der Waals surface area contributed by atoms with E-state index >= 15 is 0 Å². The summed E-state index contributed by atoms with van der Waals surface area (Å²) >= 11 is 0. The average molecular weight is 293 g/mol. The topological polar surface area (TPSA) is 40.5 Å². The van der Waals surface area contributed by atoms with Crippen LogP contribution < -0.4 is 0 Å². The first-order valence-corrected chi connectivity index (χ1v) is 9.14. The second kappa shape index (κ2) is 6.68. The number of nitrogens with zero attached hydrogens (tertiary/aromatic N) is 1. The van der Waals surface area contributed by atoms with Gasteiger partial charge in [-0.2, -0.15) is 0 Å². The molecular formula is C18H31NO2. The summed E-state index contributed by atoms with van der Waals surface area (Å²) in [6, 6.07) is 0.314. The molecule has 3 heteroatoms. The predicted octanol–water partition coefficient (Wildman–Crippen LogP) is 3.78. The fraction of sp³-hybridized carbons (Fsp3) is 0.944. The molecule has 0 aromatic heterocycles. The van der Waals surface area contributed by atoms with Crippen molar-refractivity contribution in [2.24, 2.45) is 23.7 Å². The standard InChI is InChI=1S/C18H31NO2/c1-2-3-13-8-9-16(18(20)21)17(10-13)19(11-14-4-5-14)12-15-6-7-15/h13-17H,2-12H2,1H3,(H,20,21). The van der Waals surface area contributed by atoms with Crippen LogP contribution in [-0.4, -0.2) is 35.1 Å². The van der Waals surface area contributed by atoms with Gasteiger partial charge in [0.25, 0.3) is 0 Å². The van der Waals surface area contributed by atoms with E-state index in [2.05, 4.69) is 11.8 Å². The van der Waals surface area contributed by atoms with Crippen LogP contribution in [0.2, 0.25) is 0 Å². The third kappa shape index (κ3) is 4.21. The van der Waals surface area contributed by atoms with E-state index in [0.717, 1.165) is 37.0 Å². The molecule has 21 heavy (non-hydrogen) atoms. The minimum absolute atomic E-state index is 0.115. The number of aliphatic carboxylic acids is 1. The molecule has 3 aliphatic carbocycles. The van der Waals surface area contributed by atoms with E-state index in [0.29, 0.717) is 6.04 Å². The molecule has 0 amide bonds. The molecular weight excluding hydrogens is 262 g/mol. The summed E-state index contributed by atoms with van der Waals surface area (Å²) in [6.07, 6.45) is 11.1. The lowest BCUT2D eigenvalue weighted by Crippen LogP contribution is -2.48. The summed E-state index contributed by atoms with van der Waals surface area (Å²) in [4.78, 5) is 14.3. The number of carboxylic acids is 1. The van der Waals surface area contributed by atoms with Gasteiger partial charge in [-0.25, -0.2) is 0 Å². The highest BCUT2D eigenvalue weighted by molar-refractivity contribution is 5.71. The third-order valence-corrected chi connectivity index (χ3v) is 5.79. The van der Waals surface area contributed by atoms with E-state index in [4.69, 9.17) is 0 Å². The zero-order valence-corrected chi connectivity index (χ0v) is 13.5. The van der Waals surface area contributed by atoms with Crippen molar-refractivity contribution in [2.45, 2.75) is 70.8 Å². The van der Waals surface area contributed by atoms with Gasteiger partial charge in [0.1, 0.15) is 0 Å². The number of hydrogen-bond acceptors (Lipinski definition) is 2. The van der Waals surface area contributed by atoms with Crippen molar-refractivity contribution in [3.05, 3.63) is 0 Å². The highest BCUT2D eigenvalue weighted by Gasteiger charge is 2.41.